The van der Waals surface area contributed by atoms with Gasteiger partial charge in [-0.3, -0.25) is 9.20 Å². The molecule has 0 atom stereocenters. The number of fused-ring (bicyclic) bond motifs is 1. The topological polar surface area (TPSA) is 34.4 Å². The van der Waals surface area contributed by atoms with Crippen molar-refractivity contribution in [3.63, 3.8) is 0 Å². The Labute approximate surface area is 119 Å². The molecule has 0 bridgehead atoms. The van der Waals surface area contributed by atoms with Crippen molar-refractivity contribution in [2.24, 2.45) is 0 Å². The molecule has 19 heavy (non-hydrogen) atoms. The number of nitrogens with zero attached hydrogens (tertiary/aromatic N) is 2. The van der Waals surface area contributed by atoms with Crippen LogP contribution < -0.4 is 0 Å². The van der Waals surface area contributed by atoms with E-state index in [0.717, 1.165) is 11.8 Å². The first-order valence-electron chi connectivity index (χ1n) is 5.58. The van der Waals surface area contributed by atoms with Crippen LogP contribution >= 0.6 is 23.2 Å². The normalized spacial score (nSPS) is 10.8. The zero-order chi connectivity index (χ0) is 13.4. The highest BCUT2D eigenvalue weighted by atomic mass is 35.5. The van der Waals surface area contributed by atoms with Crippen molar-refractivity contribution in [2.45, 2.75) is 0 Å². The number of imidazole rings is 1. The van der Waals surface area contributed by atoms with Gasteiger partial charge in [-0.05, 0) is 18.2 Å². The minimum absolute atomic E-state index is 0.494. The molecule has 3 aromatic rings. The highest BCUT2D eigenvalue weighted by Crippen LogP contribution is 2.25. The van der Waals surface area contributed by atoms with Crippen molar-refractivity contribution in [1.29, 1.82) is 0 Å². The lowest BCUT2D eigenvalue weighted by molar-refractivity contribution is 0.111. The van der Waals surface area contributed by atoms with Crippen LogP contribution in [0.4, 0.5) is 0 Å². The fourth-order valence-electron chi connectivity index (χ4n) is 1.97. The number of carbonyl (C=O) groups is 1. The number of halogens is 2. The van der Waals surface area contributed by atoms with Gasteiger partial charge in [0, 0.05) is 27.9 Å². The molecule has 0 aliphatic heterocycles. The number of hydrogen-bond donors (Lipinski definition) is 0. The van der Waals surface area contributed by atoms with Gasteiger partial charge < -0.3 is 0 Å². The monoisotopic (exact) mass is 290 g/mol. The molecule has 1 aromatic carbocycles. The van der Waals surface area contributed by atoms with Gasteiger partial charge in [-0.15, -0.1) is 0 Å². The highest BCUT2D eigenvalue weighted by Gasteiger charge is 2.13. The summed E-state index contributed by atoms with van der Waals surface area (Å²) in [7, 11) is 0. The fraction of sp³-hybridized carbons (Fsp3) is 0. The van der Waals surface area contributed by atoms with E-state index in [1.807, 2.05) is 12.1 Å². The molecular weight excluding hydrogens is 283 g/mol. The van der Waals surface area contributed by atoms with Crippen molar-refractivity contribution in [2.75, 3.05) is 0 Å². The van der Waals surface area contributed by atoms with E-state index in [1.165, 1.54) is 0 Å². The van der Waals surface area contributed by atoms with Gasteiger partial charge in [-0.2, -0.15) is 0 Å². The number of carbonyl (C=O) groups excluding carboxylic acids is 1. The predicted octanol–water partition coefficient (Wildman–Crippen LogP) is 4.12. The molecule has 0 saturated heterocycles. The van der Waals surface area contributed by atoms with Crippen LogP contribution in [0.3, 0.4) is 0 Å². The van der Waals surface area contributed by atoms with Crippen molar-refractivity contribution < 1.29 is 4.79 Å². The second kappa shape index (κ2) is 4.68. The maximum Gasteiger partial charge on any atom is 0.169 e. The van der Waals surface area contributed by atoms with Crippen LogP contribution in [-0.4, -0.2) is 15.7 Å². The Bertz CT molecular complexity index is 763. The molecule has 2 aromatic heterocycles. The molecular formula is C14H8Cl2N2O. The summed E-state index contributed by atoms with van der Waals surface area (Å²) >= 11 is 11.8. The van der Waals surface area contributed by atoms with Crippen LogP contribution in [0.5, 0.6) is 0 Å². The number of pyridine rings is 1. The molecule has 0 aliphatic rings. The lowest BCUT2D eigenvalue weighted by Crippen LogP contribution is -1.91. The average Bonchev–Trinajstić information content (AvgIpc) is 2.77. The van der Waals surface area contributed by atoms with Crippen LogP contribution in [0.15, 0.2) is 42.6 Å². The Hall–Kier alpha value is -1.84. The van der Waals surface area contributed by atoms with Crippen molar-refractivity contribution in [3.8, 4) is 11.3 Å². The van der Waals surface area contributed by atoms with E-state index in [4.69, 9.17) is 23.2 Å². The molecule has 3 rings (SSSR count). The van der Waals surface area contributed by atoms with Crippen LogP contribution in [-0.2, 0) is 0 Å². The van der Waals surface area contributed by atoms with E-state index in [9.17, 15) is 4.79 Å². The Morgan fingerprint density at radius 1 is 1.05 bits per heavy atom. The average molecular weight is 291 g/mol. The van der Waals surface area contributed by atoms with Gasteiger partial charge in [-0.1, -0.05) is 35.3 Å². The van der Waals surface area contributed by atoms with E-state index in [1.54, 1.807) is 34.9 Å². The first-order valence-corrected chi connectivity index (χ1v) is 6.33. The van der Waals surface area contributed by atoms with Gasteiger partial charge in [0.1, 0.15) is 17.0 Å². The minimum atomic E-state index is 0.494. The molecule has 0 N–H and O–H groups in total. The van der Waals surface area contributed by atoms with E-state index in [2.05, 4.69) is 4.98 Å². The third kappa shape index (κ3) is 2.11. The zero-order valence-corrected chi connectivity index (χ0v) is 11.2. The Morgan fingerprint density at radius 2 is 1.79 bits per heavy atom. The molecule has 0 fully saturated rings. The Morgan fingerprint density at radius 3 is 2.47 bits per heavy atom. The summed E-state index contributed by atoms with van der Waals surface area (Å²) in [6.45, 7) is 0. The van der Waals surface area contributed by atoms with Gasteiger partial charge >= 0.3 is 0 Å². The molecule has 0 aliphatic carbocycles. The maximum atomic E-state index is 11.3. The number of rotatable bonds is 2. The summed E-state index contributed by atoms with van der Waals surface area (Å²) in [5.41, 5.74) is 2.59. The van der Waals surface area contributed by atoms with Crippen molar-refractivity contribution in [3.05, 3.63) is 58.3 Å². The summed E-state index contributed by atoms with van der Waals surface area (Å²) in [5.74, 6) is 0. The first kappa shape index (κ1) is 12.2. The van der Waals surface area contributed by atoms with Gasteiger partial charge in [0.05, 0.1) is 0 Å². The van der Waals surface area contributed by atoms with Crippen LogP contribution in [0.2, 0.25) is 10.0 Å². The summed E-state index contributed by atoms with van der Waals surface area (Å²) in [6, 6.07) is 10.6. The first-order chi connectivity index (χ1) is 9.19. The second-order valence-corrected chi connectivity index (χ2v) is 4.92. The molecule has 2 heterocycles. The van der Waals surface area contributed by atoms with Crippen molar-refractivity contribution >= 4 is 35.1 Å². The van der Waals surface area contributed by atoms with E-state index >= 15 is 0 Å². The van der Waals surface area contributed by atoms with E-state index < -0.39 is 0 Å². The number of benzene rings is 1. The smallest absolute Gasteiger partial charge is 0.169 e. The lowest BCUT2D eigenvalue weighted by atomic mass is 10.1. The van der Waals surface area contributed by atoms with E-state index in [0.29, 0.717) is 27.1 Å². The van der Waals surface area contributed by atoms with E-state index in [-0.39, 0.29) is 0 Å². The lowest BCUT2D eigenvalue weighted by Gasteiger charge is -1.98. The SMILES string of the molecule is O=Cc1c(-c2ccc(Cl)cc2)nc2cc(Cl)ccn12. The third-order valence-corrected chi connectivity index (χ3v) is 3.34. The van der Waals surface area contributed by atoms with Crippen molar-refractivity contribution in [1.82, 2.24) is 9.38 Å². The highest BCUT2D eigenvalue weighted by molar-refractivity contribution is 6.31. The number of aldehydes is 1. The van der Waals surface area contributed by atoms with Crippen LogP contribution in [0.1, 0.15) is 10.5 Å². The standard InChI is InChI=1S/C14H8Cl2N2O/c15-10-3-1-9(2-4-10)14-12(8-19)18-6-5-11(16)7-13(18)17-14/h1-8H. The summed E-state index contributed by atoms with van der Waals surface area (Å²) in [5, 5.41) is 1.22. The fourth-order valence-corrected chi connectivity index (χ4v) is 2.25. The third-order valence-electron chi connectivity index (χ3n) is 2.85. The molecule has 3 nitrogen and oxygen atoms in total. The van der Waals surface area contributed by atoms with Gasteiger partial charge in [0.15, 0.2) is 6.29 Å². The number of hydrogen-bond acceptors (Lipinski definition) is 2. The van der Waals surface area contributed by atoms with Gasteiger partial charge in [0.2, 0.25) is 0 Å². The molecule has 0 radical (unpaired) electrons. The van der Waals surface area contributed by atoms with Gasteiger partial charge in [-0.25, -0.2) is 4.98 Å². The summed E-state index contributed by atoms with van der Waals surface area (Å²) in [4.78, 5) is 15.8. The second-order valence-electron chi connectivity index (χ2n) is 4.04. The molecule has 0 unspecified atom stereocenters. The maximum absolute atomic E-state index is 11.3. The molecule has 0 amide bonds. The summed E-state index contributed by atoms with van der Waals surface area (Å²) < 4.78 is 1.71. The molecule has 0 spiro atoms. The molecule has 94 valence electrons. The molecule has 5 heteroatoms. The van der Waals surface area contributed by atoms with Crippen LogP contribution in [0, 0.1) is 0 Å². The zero-order valence-electron chi connectivity index (χ0n) is 9.68. The predicted molar refractivity (Wildman–Crippen MR) is 76.0 cm³/mol. The Kier molecular flexibility index (Phi) is 3.01. The van der Waals surface area contributed by atoms with Gasteiger partial charge in [0.25, 0.3) is 0 Å². The summed E-state index contributed by atoms with van der Waals surface area (Å²) in [6.07, 6.45) is 2.52. The number of aromatic nitrogens is 2. The molecule has 0 saturated carbocycles. The quantitative estimate of drug-likeness (QED) is 0.665. The van der Waals surface area contributed by atoms with Crippen LogP contribution in [0.25, 0.3) is 16.9 Å². The largest absolute Gasteiger partial charge is 0.297 e. The minimum Gasteiger partial charge on any atom is -0.297 e. The Balaban J connectivity index is 2.28.